The van der Waals surface area contributed by atoms with Gasteiger partial charge < -0.3 is 9.84 Å². The van der Waals surface area contributed by atoms with E-state index in [9.17, 15) is 13.2 Å². The number of carboxylic acids is 1. The van der Waals surface area contributed by atoms with E-state index in [2.05, 4.69) is 0 Å². The van der Waals surface area contributed by atoms with Crippen molar-refractivity contribution in [2.75, 3.05) is 32.7 Å². The van der Waals surface area contributed by atoms with Crippen molar-refractivity contribution in [2.45, 2.75) is 4.90 Å². The number of ether oxygens (including phenoxy) is 1. The zero-order chi connectivity index (χ0) is 15.3. The maximum Gasteiger partial charge on any atom is 0.339 e. The number of sulfonamides is 1. The molecule has 0 unspecified atom stereocenters. The number of hydrogen-bond acceptors (Lipinski definition) is 5. The summed E-state index contributed by atoms with van der Waals surface area (Å²) in [4.78, 5) is 11.1. The third-order valence-electron chi connectivity index (χ3n) is 2.72. The normalized spacial score (nSPS) is 11.6. The van der Waals surface area contributed by atoms with Gasteiger partial charge >= 0.3 is 5.97 Å². The van der Waals surface area contributed by atoms with Gasteiger partial charge in [-0.25, -0.2) is 17.5 Å². The van der Waals surface area contributed by atoms with Crippen LogP contribution in [-0.4, -0.2) is 56.5 Å². The van der Waals surface area contributed by atoms with Crippen molar-refractivity contribution >= 4 is 27.8 Å². The van der Waals surface area contributed by atoms with Crippen LogP contribution in [0.3, 0.4) is 0 Å². The second-order valence-electron chi connectivity index (χ2n) is 3.99. The monoisotopic (exact) mass is 319 g/mol. The molecular weight excluding hydrogens is 302 g/mol. The van der Waals surface area contributed by atoms with Gasteiger partial charge in [0.15, 0.2) is 0 Å². The van der Waals surface area contributed by atoms with Gasteiger partial charge in [-0.05, 0) is 24.5 Å². The van der Waals surface area contributed by atoms with E-state index in [-0.39, 0.29) is 16.2 Å². The van der Waals surface area contributed by atoms with Gasteiger partial charge in [0.1, 0.15) is 11.3 Å². The highest BCUT2D eigenvalue weighted by Crippen LogP contribution is 2.24. The Morgan fingerprint density at radius 2 is 2.10 bits per heavy atom. The average molecular weight is 319 g/mol. The van der Waals surface area contributed by atoms with Crippen LogP contribution in [0, 0.1) is 0 Å². The number of hydrogen-bond donors (Lipinski definition) is 1. The molecular formula is C12H17NO5S2. The molecule has 0 amide bonds. The van der Waals surface area contributed by atoms with Gasteiger partial charge in [-0.3, -0.25) is 0 Å². The number of methoxy groups -OCH3 is 1. The van der Waals surface area contributed by atoms with Crippen molar-refractivity contribution in [1.82, 2.24) is 4.31 Å². The van der Waals surface area contributed by atoms with Gasteiger partial charge in [-0.15, -0.1) is 0 Å². The van der Waals surface area contributed by atoms with Crippen LogP contribution in [0.2, 0.25) is 0 Å². The van der Waals surface area contributed by atoms with Gasteiger partial charge in [0.25, 0.3) is 0 Å². The number of carboxylic acid groups (broad SMARTS) is 1. The number of benzene rings is 1. The van der Waals surface area contributed by atoms with Crippen LogP contribution in [0.5, 0.6) is 5.75 Å². The Labute approximate surface area is 122 Å². The van der Waals surface area contributed by atoms with Gasteiger partial charge in [0.05, 0.1) is 12.0 Å². The van der Waals surface area contributed by atoms with Crippen molar-refractivity contribution in [1.29, 1.82) is 0 Å². The smallest absolute Gasteiger partial charge is 0.339 e. The Balaban J connectivity index is 3.19. The molecule has 0 spiro atoms. The molecule has 0 aliphatic heterocycles. The first-order valence-corrected chi connectivity index (χ1v) is 8.54. The van der Waals surface area contributed by atoms with E-state index in [1.165, 1.54) is 42.4 Å². The molecule has 8 heteroatoms. The minimum Gasteiger partial charge on any atom is -0.496 e. The highest BCUT2D eigenvalue weighted by Gasteiger charge is 2.23. The number of thioether (sulfide) groups is 1. The first kappa shape index (κ1) is 16.8. The Kier molecular flexibility index (Phi) is 5.85. The molecule has 6 nitrogen and oxygen atoms in total. The minimum atomic E-state index is -3.69. The lowest BCUT2D eigenvalue weighted by molar-refractivity contribution is 0.0693. The number of aromatic carboxylic acids is 1. The second kappa shape index (κ2) is 6.96. The summed E-state index contributed by atoms with van der Waals surface area (Å²) in [6, 6.07) is 3.81. The first-order chi connectivity index (χ1) is 9.34. The van der Waals surface area contributed by atoms with Crippen LogP contribution in [0.15, 0.2) is 23.1 Å². The van der Waals surface area contributed by atoms with E-state index in [1.54, 1.807) is 0 Å². The predicted octanol–water partition coefficient (Wildman–Crippen LogP) is 1.38. The molecule has 1 rings (SSSR count). The molecule has 0 atom stereocenters. The van der Waals surface area contributed by atoms with Gasteiger partial charge in [0, 0.05) is 19.3 Å². The molecule has 1 N–H and O–H groups in total. The van der Waals surface area contributed by atoms with Crippen LogP contribution >= 0.6 is 11.8 Å². The molecule has 0 heterocycles. The summed E-state index contributed by atoms with van der Waals surface area (Å²) in [5.41, 5.74) is -0.174. The topological polar surface area (TPSA) is 83.9 Å². The fourth-order valence-corrected chi connectivity index (χ4v) is 3.30. The maximum atomic E-state index is 12.3. The Morgan fingerprint density at radius 3 is 2.60 bits per heavy atom. The Bertz CT molecular complexity index is 586. The van der Waals surface area contributed by atoms with E-state index in [1.807, 2.05) is 6.26 Å². The zero-order valence-electron chi connectivity index (χ0n) is 11.5. The first-order valence-electron chi connectivity index (χ1n) is 5.71. The molecule has 1 aromatic carbocycles. The van der Waals surface area contributed by atoms with Crippen molar-refractivity contribution in [3.63, 3.8) is 0 Å². The molecule has 0 bridgehead atoms. The number of carbonyl (C=O) groups is 1. The number of nitrogens with zero attached hydrogens (tertiary/aromatic N) is 1. The highest BCUT2D eigenvalue weighted by molar-refractivity contribution is 7.98. The third-order valence-corrected chi connectivity index (χ3v) is 5.16. The molecule has 0 aliphatic rings. The van der Waals surface area contributed by atoms with Crippen LogP contribution in [-0.2, 0) is 10.0 Å². The SMILES string of the molecule is COc1ccc(S(=O)(=O)N(C)CCSC)cc1C(=O)O. The van der Waals surface area contributed by atoms with E-state index >= 15 is 0 Å². The van der Waals surface area contributed by atoms with Crippen molar-refractivity contribution in [3.05, 3.63) is 23.8 Å². The lowest BCUT2D eigenvalue weighted by Crippen LogP contribution is -2.29. The van der Waals surface area contributed by atoms with Crippen LogP contribution in [0.4, 0.5) is 0 Å². The van der Waals surface area contributed by atoms with Crippen molar-refractivity contribution < 1.29 is 23.1 Å². The summed E-state index contributed by atoms with van der Waals surface area (Å²) in [7, 11) is -0.889. The third kappa shape index (κ3) is 3.65. The second-order valence-corrected chi connectivity index (χ2v) is 7.02. The van der Waals surface area contributed by atoms with Crippen molar-refractivity contribution in [3.8, 4) is 5.75 Å². The van der Waals surface area contributed by atoms with E-state index in [4.69, 9.17) is 9.84 Å². The summed E-state index contributed by atoms with van der Waals surface area (Å²) >= 11 is 1.54. The Morgan fingerprint density at radius 1 is 1.45 bits per heavy atom. The van der Waals surface area contributed by atoms with Crippen LogP contribution < -0.4 is 4.74 Å². The van der Waals surface area contributed by atoms with Gasteiger partial charge in [-0.2, -0.15) is 11.8 Å². The lowest BCUT2D eigenvalue weighted by atomic mass is 10.2. The molecule has 0 aliphatic carbocycles. The summed E-state index contributed by atoms with van der Waals surface area (Å²) in [6.45, 7) is 0.359. The quantitative estimate of drug-likeness (QED) is 0.817. The fourth-order valence-electron chi connectivity index (χ4n) is 1.53. The largest absolute Gasteiger partial charge is 0.496 e. The van der Waals surface area contributed by atoms with Crippen molar-refractivity contribution in [2.24, 2.45) is 0 Å². The standard InChI is InChI=1S/C12H17NO5S2/c1-13(6-7-19-3)20(16,17)9-4-5-11(18-2)10(8-9)12(14)15/h4-5,8H,6-7H2,1-3H3,(H,14,15). The minimum absolute atomic E-state index is 0.0562. The summed E-state index contributed by atoms with van der Waals surface area (Å²) in [5.74, 6) is -0.439. The average Bonchev–Trinajstić information content (AvgIpc) is 2.43. The summed E-state index contributed by atoms with van der Waals surface area (Å²) < 4.78 is 30.7. The molecule has 0 fully saturated rings. The van der Waals surface area contributed by atoms with Crippen LogP contribution in [0.25, 0.3) is 0 Å². The maximum absolute atomic E-state index is 12.3. The summed E-state index contributed by atoms with van der Waals surface area (Å²) in [6.07, 6.45) is 1.89. The molecule has 0 saturated carbocycles. The zero-order valence-corrected chi connectivity index (χ0v) is 13.1. The number of rotatable bonds is 7. The molecule has 1 aromatic rings. The van der Waals surface area contributed by atoms with Gasteiger partial charge in [0.2, 0.25) is 10.0 Å². The molecule has 20 heavy (non-hydrogen) atoms. The highest BCUT2D eigenvalue weighted by atomic mass is 32.2. The lowest BCUT2D eigenvalue weighted by Gasteiger charge is -2.17. The van der Waals surface area contributed by atoms with E-state index < -0.39 is 16.0 Å². The summed E-state index contributed by atoms with van der Waals surface area (Å²) in [5, 5.41) is 9.08. The molecule has 0 radical (unpaired) electrons. The molecule has 0 saturated heterocycles. The molecule has 112 valence electrons. The molecule has 0 aromatic heterocycles. The van der Waals surface area contributed by atoms with E-state index in [0.717, 1.165) is 6.07 Å². The van der Waals surface area contributed by atoms with E-state index in [0.29, 0.717) is 12.3 Å². The predicted molar refractivity (Wildman–Crippen MR) is 78.2 cm³/mol. The Hall–Kier alpha value is -1.25. The fraction of sp³-hybridized carbons (Fsp3) is 0.417. The van der Waals surface area contributed by atoms with Gasteiger partial charge in [-0.1, -0.05) is 0 Å². The van der Waals surface area contributed by atoms with Crippen LogP contribution in [0.1, 0.15) is 10.4 Å².